The quantitative estimate of drug-likeness (QED) is 0.669. The lowest BCUT2D eigenvalue weighted by Gasteiger charge is -2.06. The van der Waals surface area contributed by atoms with Crippen LogP contribution in [-0.4, -0.2) is 17.1 Å². The molecule has 2 aromatic rings. The summed E-state index contributed by atoms with van der Waals surface area (Å²) in [6.45, 7) is 2.06. The van der Waals surface area contributed by atoms with Crippen molar-refractivity contribution in [2.24, 2.45) is 0 Å². The van der Waals surface area contributed by atoms with E-state index >= 15 is 0 Å². The minimum absolute atomic E-state index is 0.307. The fourth-order valence-electron chi connectivity index (χ4n) is 1.56. The van der Waals surface area contributed by atoms with Gasteiger partial charge in [0.1, 0.15) is 5.82 Å². The number of ether oxygens (including phenoxy) is 1. The van der Waals surface area contributed by atoms with Gasteiger partial charge < -0.3 is 10.5 Å². The van der Waals surface area contributed by atoms with Gasteiger partial charge >= 0.3 is 5.97 Å². The average molecular weight is 359 g/mol. The average Bonchev–Trinajstić information content (AvgIpc) is 2.67. The Morgan fingerprint density at radius 1 is 1.47 bits per heavy atom. The molecule has 0 saturated carbocycles. The zero-order valence-corrected chi connectivity index (χ0v) is 13.3. The molecule has 0 amide bonds. The summed E-state index contributed by atoms with van der Waals surface area (Å²) in [6.07, 6.45) is 0. The molecular weight excluding hydrogens is 348 g/mol. The van der Waals surface area contributed by atoms with E-state index in [-0.39, 0.29) is 0 Å². The van der Waals surface area contributed by atoms with Crippen molar-refractivity contribution < 1.29 is 9.53 Å². The molecule has 0 fully saturated rings. The van der Waals surface area contributed by atoms with E-state index in [2.05, 4.69) is 15.9 Å². The molecule has 0 radical (unpaired) electrons. The summed E-state index contributed by atoms with van der Waals surface area (Å²) >= 11 is 9.78. The van der Waals surface area contributed by atoms with Crippen LogP contribution in [0, 0.1) is 3.95 Å². The number of carbonyl (C=O) groups excluding carboxylic acids is 1. The summed E-state index contributed by atoms with van der Waals surface area (Å²) in [5.41, 5.74) is 6.82. The SMILES string of the molecule is CCOC(=O)c1sc(=S)n(-c2ccc(Br)cc2)c1N. The van der Waals surface area contributed by atoms with Gasteiger partial charge in [0, 0.05) is 10.2 Å². The molecule has 1 aromatic carbocycles. The molecule has 0 aliphatic heterocycles. The van der Waals surface area contributed by atoms with Crippen LogP contribution in [-0.2, 0) is 4.74 Å². The Bertz CT molecular complexity index is 661. The van der Waals surface area contributed by atoms with E-state index in [1.165, 1.54) is 0 Å². The Morgan fingerprint density at radius 2 is 2.11 bits per heavy atom. The summed E-state index contributed by atoms with van der Waals surface area (Å²) in [4.78, 5) is 12.1. The first-order chi connectivity index (χ1) is 9.04. The normalized spacial score (nSPS) is 10.4. The second-order valence-corrected chi connectivity index (χ2v) is 6.17. The maximum absolute atomic E-state index is 11.8. The molecule has 0 aliphatic carbocycles. The largest absolute Gasteiger partial charge is 0.462 e. The van der Waals surface area contributed by atoms with Crippen LogP contribution in [0.5, 0.6) is 0 Å². The van der Waals surface area contributed by atoms with Gasteiger partial charge in [-0.2, -0.15) is 0 Å². The van der Waals surface area contributed by atoms with Crippen LogP contribution in [0.15, 0.2) is 28.7 Å². The first-order valence-corrected chi connectivity index (χ1v) is 7.50. The molecule has 2 N–H and O–H groups in total. The van der Waals surface area contributed by atoms with Crippen molar-refractivity contribution in [3.8, 4) is 5.69 Å². The van der Waals surface area contributed by atoms with Crippen molar-refractivity contribution in [1.29, 1.82) is 0 Å². The van der Waals surface area contributed by atoms with E-state index in [0.717, 1.165) is 21.5 Å². The van der Waals surface area contributed by atoms with Gasteiger partial charge in [-0.05, 0) is 43.4 Å². The topological polar surface area (TPSA) is 57.2 Å². The van der Waals surface area contributed by atoms with Crippen LogP contribution < -0.4 is 5.73 Å². The molecule has 4 nitrogen and oxygen atoms in total. The highest BCUT2D eigenvalue weighted by molar-refractivity contribution is 9.10. The molecule has 100 valence electrons. The number of aromatic nitrogens is 1. The van der Waals surface area contributed by atoms with Crippen molar-refractivity contribution in [1.82, 2.24) is 4.57 Å². The Morgan fingerprint density at radius 3 is 2.68 bits per heavy atom. The number of nitrogens with two attached hydrogens (primary N) is 1. The lowest BCUT2D eigenvalue weighted by molar-refractivity contribution is 0.0533. The number of halogens is 1. The van der Waals surface area contributed by atoms with Crippen LogP contribution >= 0.6 is 39.5 Å². The van der Waals surface area contributed by atoms with E-state index in [0.29, 0.717) is 21.3 Å². The number of nitrogens with zero attached hydrogens (tertiary/aromatic N) is 1. The molecule has 2 rings (SSSR count). The van der Waals surface area contributed by atoms with Gasteiger partial charge in [-0.3, -0.25) is 4.57 Å². The predicted molar refractivity (Wildman–Crippen MR) is 82.5 cm³/mol. The molecule has 7 heteroatoms. The van der Waals surface area contributed by atoms with Gasteiger partial charge in [0.2, 0.25) is 0 Å². The molecule has 1 heterocycles. The molecule has 0 aliphatic rings. The molecule has 0 atom stereocenters. The van der Waals surface area contributed by atoms with E-state index < -0.39 is 5.97 Å². The van der Waals surface area contributed by atoms with Crippen LogP contribution in [0.25, 0.3) is 5.69 Å². The number of hydrogen-bond donors (Lipinski definition) is 1. The minimum Gasteiger partial charge on any atom is -0.462 e. The molecular formula is C12H11BrN2O2S2. The van der Waals surface area contributed by atoms with Gasteiger partial charge in [0.05, 0.1) is 6.61 Å². The van der Waals surface area contributed by atoms with E-state index in [1.54, 1.807) is 11.5 Å². The second kappa shape index (κ2) is 5.85. The lowest BCUT2D eigenvalue weighted by atomic mass is 10.3. The molecule has 0 unspecified atom stereocenters. The minimum atomic E-state index is -0.438. The highest BCUT2D eigenvalue weighted by atomic mass is 79.9. The third-order valence-corrected chi connectivity index (χ3v) is 4.29. The van der Waals surface area contributed by atoms with Crippen LogP contribution in [0.2, 0.25) is 0 Å². The number of esters is 1. The van der Waals surface area contributed by atoms with Gasteiger partial charge in [0.25, 0.3) is 0 Å². The fourth-order valence-corrected chi connectivity index (χ4v) is 3.09. The van der Waals surface area contributed by atoms with Crippen molar-refractivity contribution >= 4 is 51.3 Å². The van der Waals surface area contributed by atoms with Crippen LogP contribution in [0.4, 0.5) is 5.82 Å². The fraction of sp³-hybridized carbons (Fsp3) is 0.167. The summed E-state index contributed by atoms with van der Waals surface area (Å²) < 4.78 is 8.10. The number of thiazole rings is 1. The highest BCUT2D eigenvalue weighted by Crippen LogP contribution is 2.27. The van der Waals surface area contributed by atoms with E-state index in [1.807, 2.05) is 24.3 Å². The van der Waals surface area contributed by atoms with Crippen molar-refractivity contribution in [3.63, 3.8) is 0 Å². The Kier molecular flexibility index (Phi) is 4.38. The zero-order valence-electron chi connectivity index (χ0n) is 10.1. The zero-order chi connectivity index (χ0) is 14.0. The molecule has 1 aromatic heterocycles. The third-order valence-electron chi connectivity index (χ3n) is 2.39. The monoisotopic (exact) mass is 358 g/mol. The Balaban J connectivity index is 2.51. The van der Waals surface area contributed by atoms with Gasteiger partial charge in [-0.1, -0.05) is 27.3 Å². The molecule has 0 saturated heterocycles. The van der Waals surface area contributed by atoms with Crippen LogP contribution in [0.1, 0.15) is 16.6 Å². The number of carbonyl (C=O) groups is 1. The second-order valence-electron chi connectivity index (χ2n) is 3.61. The maximum atomic E-state index is 11.8. The van der Waals surface area contributed by atoms with Gasteiger partial charge in [-0.25, -0.2) is 4.79 Å². The molecule has 19 heavy (non-hydrogen) atoms. The maximum Gasteiger partial charge on any atom is 0.352 e. The van der Waals surface area contributed by atoms with Gasteiger partial charge in [0.15, 0.2) is 8.83 Å². The number of nitrogen functional groups attached to an aromatic ring is 1. The first kappa shape index (κ1) is 14.2. The van der Waals surface area contributed by atoms with E-state index in [4.69, 9.17) is 22.7 Å². The summed E-state index contributed by atoms with van der Waals surface area (Å²) in [7, 11) is 0. The van der Waals surface area contributed by atoms with Crippen molar-refractivity contribution in [3.05, 3.63) is 37.6 Å². The summed E-state index contributed by atoms with van der Waals surface area (Å²) in [6, 6.07) is 7.52. The molecule has 0 spiro atoms. The smallest absolute Gasteiger partial charge is 0.352 e. The number of benzene rings is 1. The number of rotatable bonds is 3. The number of hydrogen-bond acceptors (Lipinski definition) is 5. The van der Waals surface area contributed by atoms with Crippen molar-refractivity contribution in [2.45, 2.75) is 6.92 Å². The summed E-state index contributed by atoms with van der Waals surface area (Å²) in [5, 5.41) is 0. The predicted octanol–water partition coefficient (Wildman–Crippen LogP) is 3.79. The van der Waals surface area contributed by atoms with E-state index in [9.17, 15) is 4.79 Å². The molecule has 0 bridgehead atoms. The Hall–Kier alpha value is -1.18. The number of anilines is 1. The van der Waals surface area contributed by atoms with Crippen LogP contribution in [0.3, 0.4) is 0 Å². The Labute approximate surface area is 127 Å². The van der Waals surface area contributed by atoms with Crippen molar-refractivity contribution in [2.75, 3.05) is 12.3 Å². The lowest BCUT2D eigenvalue weighted by Crippen LogP contribution is -2.08. The standard InChI is InChI=1S/C12H11BrN2O2S2/c1-2-17-11(16)9-10(14)15(12(18)19-9)8-5-3-7(13)4-6-8/h3-6H,2,14H2,1H3. The highest BCUT2D eigenvalue weighted by Gasteiger charge is 2.18. The van der Waals surface area contributed by atoms with Gasteiger partial charge in [-0.15, -0.1) is 0 Å². The third kappa shape index (κ3) is 2.88. The summed E-state index contributed by atoms with van der Waals surface area (Å²) in [5.74, 6) is -0.122. The first-order valence-electron chi connectivity index (χ1n) is 5.49.